The van der Waals surface area contributed by atoms with E-state index in [0.29, 0.717) is 6.04 Å². The molecule has 1 aliphatic carbocycles. The zero-order valence-electron chi connectivity index (χ0n) is 13.3. The summed E-state index contributed by atoms with van der Waals surface area (Å²) in [6, 6.07) is 9.11. The first kappa shape index (κ1) is 17.0. The molecule has 0 aromatic heterocycles. The Bertz CT molecular complexity index is 412. The summed E-state index contributed by atoms with van der Waals surface area (Å²) in [4.78, 5) is 0. The number of hydrogen-bond acceptors (Lipinski definition) is 2. The normalized spacial score (nSPS) is 19.4. The van der Waals surface area contributed by atoms with E-state index in [0.717, 1.165) is 23.9 Å². The lowest BCUT2D eigenvalue weighted by Crippen LogP contribution is -2.54. The minimum absolute atomic E-state index is 0.0144. The molecule has 118 valence electrons. The predicted octanol–water partition coefficient (Wildman–Crippen LogP) is 4.71. The van der Waals surface area contributed by atoms with Crippen LogP contribution >= 0.6 is 15.9 Å². The van der Waals surface area contributed by atoms with Gasteiger partial charge in [0.2, 0.25) is 0 Å². The molecule has 1 atom stereocenters. The molecular weight excluding hydrogens is 326 g/mol. The van der Waals surface area contributed by atoms with Crippen molar-refractivity contribution in [1.29, 1.82) is 0 Å². The van der Waals surface area contributed by atoms with Gasteiger partial charge in [-0.3, -0.25) is 0 Å². The molecule has 2 nitrogen and oxygen atoms in total. The second kappa shape index (κ2) is 8.30. The number of benzene rings is 1. The quantitative estimate of drug-likeness (QED) is 0.766. The summed E-state index contributed by atoms with van der Waals surface area (Å²) >= 11 is 3.51. The molecule has 0 saturated heterocycles. The van der Waals surface area contributed by atoms with Crippen molar-refractivity contribution in [2.24, 2.45) is 0 Å². The van der Waals surface area contributed by atoms with Gasteiger partial charge in [-0.1, -0.05) is 54.2 Å². The molecule has 3 heteroatoms. The Morgan fingerprint density at radius 3 is 2.43 bits per heavy atom. The van der Waals surface area contributed by atoms with E-state index in [1.165, 1.54) is 37.7 Å². The summed E-state index contributed by atoms with van der Waals surface area (Å²) in [5.74, 6) is 0. The van der Waals surface area contributed by atoms with Crippen molar-refractivity contribution >= 4 is 15.9 Å². The van der Waals surface area contributed by atoms with Crippen molar-refractivity contribution in [3.8, 4) is 0 Å². The van der Waals surface area contributed by atoms with Gasteiger partial charge in [0.25, 0.3) is 0 Å². The van der Waals surface area contributed by atoms with Gasteiger partial charge in [0.05, 0.1) is 5.60 Å². The van der Waals surface area contributed by atoms with E-state index in [-0.39, 0.29) is 5.60 Å². The van der Waals surface area contributed by atoms with E-state index >= 15 is 0 Å². The van der Waals surface area contributed by atoms with E-state index in [2.05, 4.69) is 52.4 Å². The van der Waals surface area contributed by atoms with Gasteiger partial charge in [0, 0.05) is 17.6 Å². The van der Waals surface area contributed by atoms with Crippen LogP contribution in [0.1, 0.15) is 51.0 Å². The Morgan fingerprint density at radius 2 is 1.86 bits per heavy atom. The maximum absolute atomic E-state index is 6.06. The SMILES string of the molecule is CCCNC(Cc1ccc(Br)cc1)C1(OC)CCCCC1. The number of hydrogen-bond donors (Lipinski definition) is 1. The van der Waals surface area contributed by atoms with Crippen LogP contribution < -0.4 is 5.32 Å². The smallest absolute Gasteiger partial charge is 0.0834 e. The number of halogens is 1. The average Bonchev–Trinajstić information content (AvgIpc) is 2.54. The van der Waals surface area contributed by atoms with Crippen LogP contribution in [0, 0.1) is 0 Å². The molecule has 0 spiro atoms. The van der Waals surface area contributed by atoms with Crippen LogP contribution in [-0.2, 0) is 11.2 Å². The monoisotopic (exact) mass is 353 g/mol. The Morgan fingerprint density at radius 1 is 1.19 bits per heavy atom. The minimum Gasteiger partial charge on any atom is -0.377 e. The van der Waals surface area contributed by atoms with Crippen molar-refractivity contribution in [3.05, 3.63) is 34.3 Å². The van der Waals surface area contributed by atoms with Crippen LogP contribution in [0.2, 0.25) is 0 Å². The van der Waals surface area contributed by atoms with Gasteiger partial charge in [-0.15, -0.1) is 0 Å². The summed E-state index contributed by atoms with van der Waals surface area (Å²) in [6.45, 7) is 3.29. The Kier molecular flexibility index (Phi) is 6.72. The van der Waals surface area contributed by atoms with Gasteiger partial charge in [0.15, 0.2) is 0 Å². The molecule has 0 heterocycles. The number of nitrogens with one attached hydrogen (secondary N) is 1. The zero-order chi connectivity index (χ0) is 15.1. The third kappa shape index (κ3) is 4.54. The molecule has 0 bridgehead atoms. The number of rotatable bonds is 7. The Hall–Kier alpha value is -0.380. The standard InChI is InChI=1S/C18H28BrNO/c1-3-13-20-17(14-15-7-9-16(19)10-8-15)18(21-2)11-5-4-6-12-18/h7-10,17,20H,3-6,11-14H2,1-2H3. The Labute approximate surface area is 137 Å². The summed E-state index contributed by atoms with van der Waals surface area (Å²) in [6.07, 6.45) is 8.50. The fraction of sp³-hybridized carbons (Fsp3) is 0.667. The van der Waals surface area contributed by atoms with Gasteiger partial charge >= 0.3 is 0 Å². The van der Waals surface area contributed by atoms with Crippen LogP contribution in [0.5, 0.6) is 0 Å². The van der Waals surface area contributed by atoms with Gasteiger partial charge < -0.3 is 10.1 Å². The van der Waals surface area contributed by atoms with Crippen LogP contribution in [0.25, 0.3) is 0 Å². The highest BCUT2D eigenvalue weighted by atomic mass is 79.9. The first-order valence-corrected chi connectivity index (χ1v) is 9.02. The molecule has 1 unspecified atom stereocenters. The third-order valence-electron chi connectivity index (χ3n) is 4.74. The topological polar surface area (TPSA) is 21.3 Å². The van der Waals surface area contributed by atoms with Crippen molar-refractivity contribution in [2.75, 3.05) is 13.7 Å². The largest absolute Gasteiger partial charge is 0.377 e. The molecule has 1 aliphatic rings. The van der Waals surface area contributed by atoms with Gasteiger partial charge in [-0.2, -0.15) is 0 Å². The summed E-state index contributed by atoms with van der Waals surface area (Å²) < 4.78 is 7.20. The van der Waals surface area contributed by atoms with E-state index < -0.39 is 0 Å². The van der Waals surface area contributed by atoms with E-state index in [1.54, 1.807) is 0 Å². The van der Waals surface area contributed by atoms with Crippen molar-refractivity contribution < 1.29 is 4.74 Å². The van der Waals surface area contributed by atoms with Crippen LogP contribution in [-0.4, -0.2) is 25.3 Å². The highest BCUT2D eigenvalue weighted by Crippen LogP contribution is 2.35. The maximum atomic E-state index is 6.06. The summed E-state index contributed by atoms with van der Waals surface area (Å²) in [5.41, 5.74) is 1.40. The van der Waals surface area contributed by atoms with Gasteiger partial charge in [-0.25, -0.2) is 0 Å². The second-order valence-electron chi connectivity index (χ2n) is 6.17. The molecule has 1 N–H and O–H groups in total. The molecule has 1 fully saturated rings. The van der Waals surface area contributed by atoms with Crippen LogP contribution in [0.4, 0.5) is 0 Å². The van der Waals surface area contributed by atoms with Gasteiger partial charge in [0.1, 0.15) is 0 Å². The fourth-order valence-corrected chi connectivity index (χ4v) is 3.73. The number of methoxy groups -OCH3 is 1. The van der Waals surface area contributed by atoms with E-state index in [1.807, 2.05) is 7.11 Å². The lowest BCUT2D eigenvalue weighted by Gasteiger charge is -2.43. The molecule has 0 radical (unpaired) electrons. The van der Waals surface area contributed by atoms with Crippen molar-refractivity contribution in [3.63, 3.8) is 0 Å². The average molecular weight is 354 g/mol. The first-order valence-electron chi connectivity index (χ1n) is 8.23. The fourth-order valence-electron chi connectivity index (χ4n) is 3.46. The molecule has 1 saturated carbocycles. The molecule has 1 aromatic carbocycles. The van der Waals surface area contributed by atoms with E-state index in [9.17, 15) is 0 Å². The van der Waals surface area contributed by atoms with Gasteiger partial charge in [-0.05, 0) is 49.9 Å². The predicted molar refractivity (Wildman–Crippen MR) is 92.8 cm³/mol. The van der Waals surface area contributed by atoms with Crippen molar-refractivity contribution in [1.82, 2.24) is 5.32 Å². The first-order chi connectivity index (χ1) is 10.2. The summed E-state index contributed by atoms with van der Waals surface area (Å²) in [5, 5.41) is 3.76. The molecular formula is C18H28BrNO. The van der Waals surface area contributed by atoms with Crippen molar-refractivity contribution in [2.45, 2.75) is 63.5 Å². The molecule has 0 amide bonds. The second-order valence-corrected chi connectivity index (χ2v) is 7.08. The highest BCUT2D eigenvalue weighted by Gasteiger charge is 2.39. The molecule has 1 aromatic rings. The lowest BCUT2D eigenvalue weighted by molar-refractivity contribution is -0.0672. The Balaban J connectivity index is 2.13. The molecule has 2 rings (SSSR count). The minimum atomic E-state index is 0.0144. The van der Waals surface area contributed by atoms with Crippen LogP contribution in [0.15, 0.2) is 28.7 Å². The highest BCUT2D eigenvalue weighted by molar-refractivity contribution is 9.10. The van der Waals surface area contributed by atoms with Crippen LogP contribution in [0.3, 0.4) is 0 Å². The molecule has 0 aliphatic heterocycles. The maximum Gasteiger partial charge on any atom is 0.0834 e. The lowest BCUT2D eigenvalue weighted by atomic mass is 9.77. The summed E-state index contributed by atoms with van der Waals surface area (Å²) in [7, 11) is 1.90. The molecule has 21 heavy (non-hydrogen) atoms. The van der Waals surface area contributed by atoms with E-state index in [4.69, 9.17) is 4.74 Å². The zero-order valence-corrected chi connectivity index (χ0v) is 14.9. The number of ether oxygens (including phenoxy) is 1. The third-order valence-corrected chi connectivity index (χ3v) is 5.26.